The van der Waals surface area contributed by atoms with Gasteiger partial charge in [0.15, 0.2) is 11.3 Å². The Bertz CT molecular complexity index is 254. The van der Waals surface area contributed by atoms with E-state index in [9.17, 15) is 9.59 Å². The van der Waals surface area contributed by atoms with E-state index in [2.05, 4.69) is 10.7 Å². The zero-order valence-corrected chi connectivity index (χ0v) is 7.79. The second-order valence-corrected chi connectivity index (χ2v) is 2.63. The van der Waals surface area contributed by atoms with Crippen LogP contribution in [0.5, 0.6) is 0 Å². The molecule has 1 unspecified atom stereocenters. The smallest absolute Gasteiger partial charge is 0.334 e. The summed E-state index contributed by atoms with van der Waals surface area (Å²) in [4.78, 5) is 22.3. The number of carbonyl (C=O) groups is 2. The summed E-state index contributed by atoms with van der Waals surface area (Å²) in [5, 5.41) is 0. The molecule has 2 N–H and O–H groups in total. The van der Waals surface area contributed by atoms with E-state index in [0.29, 0.717) is 0 Å². The van der Waals surface area contributed by atoms with Gasteiger partial charge in [0.1, 0.15) is 0 Å². The predicted octanol–water partition coefficient (Wildman–Crippen LogP) is -0.141. The zero-order valence-electron chi connectivity index (χ0n) is 7.79. The van der Waals surface area contributed by atoms with Crippen LogP contribution in [0.3, 0.4) is 0 Å². The first-order valence-corrected chi connectivity index (χ1v) is 3.89. The number of esters is 1. The third kappa shape index (κ3) is 2.56. The Labute approximate surface area is 77.4 Å². The van der Waals surface area contributed by atoms with Crippen molar-refractivity contribution in [2.75, 3.05) is 6.61 Å². The first-order chi connectivity index (χ1) is 5.99. The summed E-state index contributed by atoms with van der Waals surface area (Å²) in [5.74, 6) is 0.936. The summed E-state index contributed by atoms with van der Waals surface area (Å²) < 4.78 is 4.64. The van der Waals surface area contributed by atoms with Crippen LogP contribution in [-0.2, 0) is 14.3 Å². The highest BCUT2D eigenvalue weighted by atomic mass is 16.5. The maximum atomic E-state index is 11.2. The van der Waals surface area contributed by atoms with Gasteiger partial charge in [-0.15, -0.1) is 12.3 Å². The van der Waals surface area contributed by atoms with Crippen LogP contribution in [-0.4, -0.2) is 23.9 Å². The van der Waals surface area contributed by atoms with E-state index < -0.39 is 17.3 Å². The maximum absolute atomic E-state index is 11.2. The van der Waals surface area contributed by atoms with Crippen LogP contribution in [0, 0.1) is 12.3 Å². The van der Waals surface area contributed by atoms with Crippen molar-refractivity contribution in [1.82, 2.24) is 0 Å². The quantitative estimate of drug-likeness (QED) is 0.374. The molecule has 0 bridgehead atoms. The van der Waals surface area contributed by atoms with Gasteiger partial charge in [0.25, 0.3) is 0 Å². The summed E-state index contributed by atoms with van der Waals surface area (Å²) in [6, 6.07) is 0. The molecule has 0 saturated heterocycles. The lowest BCUT2D eigenvalue weighted by atomic mass is 9.93. The number of ether oxygens (including phenoxy) is 1. The van der Waals surface area contributed by atoms with Crippen LogP contribution in [0.2, 0.25) is 0 Å². The van der Waals surface area contributed by atoms with Gasteiger partial charge in [0.05, 0.1) is 6.61 Å². The van der Waals surface area contributed by atoms with Gasteiger partial charge < -0.3 is 10.5 Å². The first kappa shape index (κ1) is 11.7. The average molecular weight is 183 g/mol. The molecular formula is C9H13NO3. The van der Waals surface area contributed by atoms with Gasteiger partial charge in [-0.25, -0.2) is 4.79 Å². The molecule has 4 nitrogen and oxygen atoms in total. The number of hydrogen-bond donors (Lipinski definition) is 1. The molecule has 0 aromatic rings. The average Bonchev–Trinajstić information content (AvgIpc) is 2.04. The molecule has 0 aliphatic carbocycles. The standard InChI is InChI=1S/C9H13NO3/c1-4-6-9(10,7(3)11)8(12)13-5-2/h1H,5-6,10H2,2-3H3. The molecule has 1 atom stereocenters. The van der Waals surface area contributed by atoms with Gasteiger partial charge in [-0.2, -0.15) is 0 Å². The molecule has 0 radical (unpaired) electrons. The van der Waals surface area contributed by atoms with Crippen molar-refractivity contribution in [3.05, 3.63) is 0 Å². The van der Waals surface area contributed by atoms with Gasteiger partial charge in [0.2, 0.25) is 0 Å². The molecule has 0 amide bonds. The van der Waals surface area contributed by atoms with E-state index in [-0.39, 0.29) is 13.0 Å². The molecular weight excluding hydrogens is 170 g/mol. The number of rotatable bonds is 4. The van der Waals surface area contributed by atoms with E-state index >= 15 is 0 Å². The Morgan fingerprint density at radius 1 is 1.62 bits per heavy atom. The Morgan fingerprint density at radius 3 is 2.46 bits per heavy atom. The van der Waals surface area contributed by atoms with Crippen LogP contribution in [0.15, 0.2) is 0 Å². The van der Waals surface area contributed by atoms with Crippen molar-refractivity contribution < 1.29 is 14.3 Å². The molecule has 0 heterocycles. The van der Waals surface area contributed by atoms with Crippen LogP contribution in [0.4, 0.5) is 0 Å². The van der Waals surface area contributed by atoms with Crippen LogP contribution >= 0.6 is 0 Å². The second kappa shape index (κ2) is 4.63. The van der Waals surface area contributed by atoms with Crippen LogP contribution < -0.4 is 5.73 Å². The van der Waals surface area contributed by atoms with E-state index in [0.717, 1.165) is 0 Å². The molecule has 72 valence electrons. The number of nitrogens with two attached hydrogens (primary N) is 1. The summed E-state index contributed by atoms with van der Waals surface area (Å²) >= 11 is 0. The fourth-order valence-electron chi connectivity index (χ4n) is 0.761. The molecule has 0 saturated carbocycles. The fraction of sp³-hybridized carbons (Fsp3) is 0.556. The van der Waals surface area contributed by atoms with Gasteiger partial charge in [-0.1, -0.05) is 0 Å². The number of carbonyl (C=O) groups excluding carboxylic acids is 2. The Kier molecular flexibility index (Phi) is 4.15. The number of hydrogen-bond acceptors (Lipinski definition) is 4. The number of Topliss-reactive ketones (excluding diaryl/α,β-unsaturated/α-hetero) is 1. The summed E-state index contributed by atoms with van der Waals surface area (Å²) in [7, 11) is 0. The van der Waals surface area contributed by atoms with Crippen molar-refractivity contribution in [2.45, 2.75) is 25.8 Å². The molecule has 0 aliphatic rings. The Hall–Kier alpha value is -1.34. The Morgan fingerprint density at radius 2 is 2.15 bits per heavy atom. The molecule has 0 rings (SSSR count). The lowest BCUT2D eigenvalue weighted by molar-refractivity contribution is -0.152. The number of ketones is 1. The molecule has 13 heavy (non-hydrogen) atoms. The van der Waals surface area contributed by atoms with Crippen molar-refractivity contribution in [3.63, 3.8) is 0 Å². The van der Waals surface area contributed by atoms with Crippen molar-refractivity contribution >= 4 is 11.8 Å². The predicted molar refractivity (Wildman–Crippen MR) is 47.7 cm³/mol. The highest BCUT2D eigenvalue weighted by Gasteiger charge is 2.39. The topological polar surface area (TPSA) is 69.4 Å². The second-order valence-electron chi connectivity index (χ2n) is 2.63. The van der Waals surface area contributed by atoms with Gasteiger partial charge in [-0.05, 0) is 13.8 Å². The van der Waals surface area contributed by atoms with Crippen molar-refractivity contribution in [3.8, 4) is 12.3 Å². The van der Waals surface area contributed by atoms with E-state index in [1.165, 1.54) is 6.92 Å². The van der Waals surface area contributed by atoms with Crippen LogP contribution in [0.25, 0.3) is 0 Å². The maximum Gasteiger partial charge on any atom is 0.334 e. The summed E-state index contributed by atoms with van der Waals surface area (Å²) in [6.07, 6.45) is 4.86. The molecule has 0 aromatic heterocycles. The highest BCUT2D eigenvalue weighted by Crippen LogP contribution is 2.10. The minimum absolute atomic E-state index is 0.138. The first-order valence-electron chi connectivity index (χ1n) is 3.89. The molecule has 0 aliphatic heterocycles. The van der Waals surface area contributed by atoms with Gasteiger partial charge >= 0.3 is 5.97 Å². The highest BCUT2D eigenvalue weighted by molar-refractivity contribution is 6.07. The third-order valence-electron chi connectivity index (χ3n) is 1.65. The summed E-state index contributed by atoms with van der Waals surface area (Å²) in [6.45, 7) is 3.03. The fourth-order valence-corrected chi connectivity index (χ4v) is 0.761. The van der Waals surface area contributed by atoms with Crippen molar-refractivity contribution in [2.24, 2.45) is 5.73 Å². The van der Waals surface area contributed by atoms with Gasteiger partial charge in [-0.3, -0.25) is 4.79 Å². The third-order valence-corrected chi connectivity index (χ3v) is 1.65. The minimum Gasteiger partial charge on any atom is -0.464 e. The van der Waals surface area contributed by atoms with E-state index in [1.807, 2.05) is 0 Å². The zero-order chi connectivity index (χ0) is 10.5. The van der Waals surface area contributed by atoms with E-state index in [1.54, 1.807) is 6.92 Å². The van der Waals surface area contributed by atoms with Crippen LogP contribution in [0.1, 0.15) is 20.3 Å². The lowest BCUT2D eigenvalue weighted by Gasteiger charge is -2.21. The van der Waals surface area contributed by atoms with E-state index in [4.69, 9.17) is 12.2 Å². The van der Waals surface area contributed by atoms with Gasteiger partial charge in [0, 0.05) is 6.42 Å². The molecule has 0 fully saturated rings. The molecule has 0 spiro atoms. The summed E-state index contributed by atoms with van der Waals surface area (Å²) in [5.41, 5.74) is 3.84. The monoisotopic (exact) mass is 183 g/mol. The molecule has 4 heteroatoms. The SMILES string of the molecule is C#CCC(N)(C(C)=O)C(=O)OCC. The number of terminal acetylenes is 1. The van der Waals surface area contributed by atoms with Crippen molar-refractivity contribution in [1.29, 1.82) is 0 Å². The molecule has 0 aromatic carbocycles. The lowest BCUT2D eigenvalue weighted by Crippen LogP contribution is -2.54. The largest absolute Gasteiger partial charge is 0.464 e. The normalized spacial score (nSPS) is 14.0. The Balaban J connectivity index is 4.70. The minimum atomic E-state index is -1.68.